The summed E-state index contributed by atoms with van der Waals surface area (Å²) in [7, 11) is 0. The molecule has 1 aromatic heterocycles. The van der Waals surface area contributed by atoms with Crippen molar-refractivity contribution in [1.82, 2.24) is 25.5 Å². The molecule has 4 atom stereocenters. The van der Waals surface area contributed by atoms with Crippen LogP contribution in [-0.2, 0) is 16.0 Å². The summed E-state index contributed by atoms with van der Waals surface area (Å²) in [6.07, 6.45) is 6.17. The zero-order chi connectivity index (χ0) is 18.5. The topological polar surface area (TPSA) is 110 Å². The van der Waals surface area contributed by atoms with Gasteiger partial charge in [-0.05, 0) is 32.1 Å². The number of aryl methyl sites for hydroxylation is 1. The molecule has 8 heteroatoms. The second-order valence-electron chi connectivity index (χ2n) is 7.53. The first kappa shape index (κ1) is 18.8. The predicted molar refractivity (Wildman–Crippen MR) is 96.2 cm³/mol. The number of carbonyl (C=O) groups is 2. The minimum atomic E-state index is -0.556. The highest BCUT2D eigenvalue weighted by molar-refractivity contribution is 5.78. The molecule has 2 aliphatic rings. The largest absolute Gasteiger partial charge is 0.391 e. The van der Waals surface area contributed by atoms with Crippen LogP contribution in [0.2, 0.25) is 0 Å². The smallest absolute Gasteiger partial charge is 0.234 e. The number of hydrogen-bond acceptors (Lipinski definition) is 5. The number of nitrogens with zero attached hydrogens (tertiary/aromatic N) is 2. The average molecular weight is 363 g/mol. The van der Waals surface area contributed by atoms with E-state index < -0.39 is 6.10 Å². The summed E-state index contributed by atoms with van der Waals surface area (Å²) in [5.74, 6) is 0.932. The Bertz CT molecular complexity index is 606. The number of imidazole rings is 1. The van der Waals surface area contributed by atoms with E-state index >= 15 is 0 Å². The van der Waals surface area contributed by atoms with E-state index in [2.05, 4.69) is 32.4 Å². The average Bonchev–Trinajstić information content (AvgIpc) is 3.25. The Hall–Kier alpha value is -1.93. The molecule has 144 valence electrons. The van der Waals surface area contributed by atoms with E-state index in [9.17, 15) is 14.7 Å². The third-order valence-corrected chi connectivity index (χ3v) is 5.51. The van der Waals surface area contributed by atoms with E-state index in [1.54, 1.807) is 12.4 Å². The maximum absolute atomic E-state index is 12.1. The number of rotatable bonds is 8. The Morgan fingerprint density at radius 2 is 2.23 bits per heavy atom. The molecule has 2 heterocycles. The third-order valence-electron chi connectivity index (χ3n) is 5.51. The molecule has 0 spiro atoms. The predicted octanol–water partition coefficient (Wildman–Crippen LogP) is -0.192. The molecule has 1 unspecified atom stereocenters. The van der Waals surface area contributed by atoms with Crippen LogP contribution in [0.5, 0.6) is 0 Å². The van der Waals surface area contributed by atoms with Crippen LogP contribution in [0.1, 0.15) is 38.4 Å². The fourth-order valence-electron chi connectivity index (χ4n) is 3.69. The lowest BCUT2D eigenvalue weighted by molar-refractivity contribution is -0.124. The van der Waals surface area contributed by atoms with Crippen molar-refractivity contribution in [3.63, 3.8) is 0 Å². The molecule has 8 nitrogen and oxygen atoms in total. The van der Waals surface area contributed by atoms with Gasteiger partial charge in [-0.25, -0.2) is 4.98 Å². The van der Waals surface area contributed by atoms with Crippen molar-refractivity contribution in [2.75, 3.05) is 19.6 Å². The zero-order valence-electron chi connectivity index (χ0n) is 15.3. The molecular weight excluding hydrogens is 334 g/mol. The number of aromatic amines is 1. The van der Waals surface area contributed by atoms with E-state index in [0.717, 1.165) is 18.8 Å². The van der Waals surface area contributed by atoms with Crippen LogP contribution in [-0.4, -0.2) is 69.6 Å². The van der Waals surface area contributed by atoms with Crippen LogP contribution in [0.4, 0.5) is 0 Å². The molecule has 1 saturated carbocycles. The van der Waals surface area contributed by atoms with Gasteiger partial charge < -0.3 is 20.7 Å². The molecule has 0 aromatic carbocycles. The molecule has 3 rings (SSSR count). The van der Waals surface area contributed by atoms with Gasteiger partial charge in [-0.2, -0.15) is 0 Å². The molecule has 1 aliphatic carbocycles. The summed E-state index contributed by atoms with van der Waals surface area (Å²) in [5.41, 5.74) is 0. The first-order valence-corrected chi connectivity index (χ1v) is 9.47. The van der Waals surface area contributed by atoms with Crippen molar-refractivity contribution in [1.29, 1.82) is 0 Å². The van der Waals surface area contributed by atoms with Crippen molar-refractivity contribution in [2.24, 2.45) is 5.92 Å². The van der Waals surface area contributed by atoms with Crippen LogP contribution in [0.25, 0.3) is 0 Å². The quantitative estimate of drug-likeness (QED) is 0.512. The van der Waals surface area contributed by atoms with E-state index in [-0.39, 0.29) is 23.8 Å². The number of likely N-dealkylation sites (tertiary alicyclic amines) is 1. The molecule has 1 aliphatic heterocycles. The lowest BCUT2D eigenvalue weighted by atomic mass is 10.1. The fraction of sp³-hybridized carbons (Fsp3) is 0.722. The number of hydrogen-bond donors (Lipinski definition) is 4. The highest BCUT2D eigenvalue weighted by Gasteiger charge is 2.34. The highest BCUT2D eigenvalue weighted by atomic mass is 16.3. The van der Waals surface area contributed by atoms with Crippen molar-refractivity contribution < 1.29 is 14.7 Å². The van der Waals surface area contributed by atoms with E-state index in [1.165, 1.54) is 0 Å². The number of H-pyrrole nitrogens is 1. The molecule has 0 bridgehead atoms. The SMILES string of the molecule is CC1CCN1CC(=O)NC[C@@H]1C[C@@H](O)[C@H](NC(=O)CCc2ncc[nH]2)C1. The van der Waals surface area contributed by atoms with Crippen molar-refractivity contribution in [3.05, 3.63) is 18.2 Å². The third kappa shape index (κ3) is 5.04. The van der Waals surface area contributed by atoms with Gasteiger partial charge in [0.15, 0.2) is 0 Å². The summed E-state index contributed by atoms with van der Waals surface area (Å²) in [4.78, 5) is 33.3. The van der Waals surface area contributed by atoms with Gasteiger partial charge in [-0.1, -0.05) is 0 Å². The molecular formula is C18H29N5O3. The molecule has 1 saturated heterocycles. The van der Waals surface area contributed by atoms with Gasteiger partial charge in [0, 0.05) is 44.4 Å². The van der Waals surface area contributed by atoms with Gasteiger partial charge in [-0.3, -0.25) is 14.5 Å². The van der Waals surface area contributed by atoms with Crippen molar-refractivity contribution in [3.8, 4) is 0 Å². The normalized spacial score (nSPS) is 28.5. The summed E-state index contributed by atoms with van der Waals surface area (Å²) in [5, 5.41) is 16.1. The molecule has 2 amide bonds. The Morgan fingerprint density at radius 1 is 1.38 bits per heavy atom. The second kappa shape index (κ2) is 8.64. The van der Waals surface area contributed by atoms with Gasteiger partial charge in [0.25, 0.3) is 0 Å². The standard InChI is InChI=1S/C18H29N5O3/c1-12-4-7-23(12)11-18(26)21-10-13-8-14(15(24)9-13)22-17(25)3-2-16-19-5-6-20-16/h5-6,12-15,24H,2-4,7-11H2,1H3,(H,19,20)(H,21,26)(H,22,25)/t12?,13-,14+,15+/m0/s1. The number of aliphatic hydroxyl groups excluding tert-OH is 1. The Morgan fingerprint density at radius 3 is 2.88 bits per heavy atom. The Balaban J connectivity index is 1.34. The molecule has 4 N–H and O–H groups in total. The highest BCUT2D eigenvalue weighted by Crippen LogP contribution is 2.25. The summed E-state index contributed by atoms with van der Waals surface area (Å²) >= 11 is 0. The van der Waals surface area contributed by atoms with Gasteiger partial charge >= 0.3 is 0 Å². The van der Waals surface area contributed by atoms with E-state index in [4.69, 9.17) is 0 Å². The maximum Gasteiger partial charge on any atom is 0.234 e. The minimum absolute atomic E-state index is 0.0389. The Kier molecular flexibility index (Phi) is 6.26. The van der Waals surface area contributed by atoms with Crippen molar-refractivity contribution >= 4 is 11.8 Å². The first-order chi connectivity index (χ1) is 12.5. The van der Waals surface area contributed by atoms with Crippen LogP contribution >= 0.6 is 0 Å². The molecule has 26 heavy (non-hydrogen) atoms. The number of amides is 2. The number of aromatic nitrogens is 2. The van der Waals surface area contributed by atoms with Gasteiger partial charge in [0.05, 0.1) is 18.7 Å². The monoisotopic (exact) mass is 363 g/mol. The summed E-state index contributed by atoms with van der Waals surface area (Å²) in [6.45, 7) is 4.12. The summed E-state index contributed by atoms with van der Waals surface area (Å²) < 4.78 is 0. The minimum Gasteiger partial charge on any atom is -0.391 e. The molecule has 1 aromatic rings. The number of nitrogens with one attached hydrogen (secondary N) is 3. The van der Waals surface area contributed by atoms with Gasteiger partial charge in [0.1, 0.15) is 5.82 Å². The van der Waals surface area contributed by atoms with Crippen LogP contribution < -0.4 is 10.6 Å². The number of carbonyl (C=O) groups excluding carboxylic acids is 2. The Labute approximate surface area is 153 Å². The van der Waals surface area contributed by atoms with E-state index in [0.29, 0.717) is 44.8 Å². The van der Waals surface area contributed by atoms with Gasteiger partial charge in [0.2, 0.25) is 11.8 Å². The van der Waals surface area contributed by atoms with Crippen molar-refractivity contribution in [2.45, 2.75) is 57.2 Å². The second-order valence-corrected chi connectivity index (χ2v) is 7.53. The lowest BCUT2D eigenvalue weighted by Gasteiger charge is -2.37. The van der Waals surface area contributed by atoms with Crippen LogP contribution in [0, 0.1) is 5.92 Å². The number of aliphatic hydroxyl groups is 1. The van der Waals surface area contributed by atoms with E-state index in [1.807, 2.05) is 0 Å². The zero-order valence-corrected chi connectivity index (χ0v) is 15.3. The summed E-state index contributed by atoms with van der Waals surface area (Å²) in [6, 6.07) is 0.256. The van der Waals surface area contributed by atoms with Crippen LogP contribution in [0.15, 0.2) is 12.4 Å². The maximum atomic E-state index is 12.1. The first-order valence-electron chi connectivity index (χ1n) is 9.47. The van der Waals surface area contributed by atoms with Crippen LogP contribution in [0.3, 0.4) is 0 Å². The lowest BCUT2D eigenvalue weighted by Crippen LogP contribution is -2.50. The molecule has 0 radical (unpaired) electrons. The fourth-order valence-corrected chi connectivity index (χ4v) is 3.69. The van der Waals surface area contributed by atoms with Gasteiger partial charge in [-0.15, -0.1) is 0 Å². The molecule has 2 fully saturated rings.